The molecule has 2 aromatic rings. The number of hydrogen-bond acceptors (Lipinski definition) is 3. The number of aliphatic hydroxyl groups excluding tert-OH is 1. The average molecular weight is 309 g/mol. The molecule has 0 aliphatic carbocycles. The van der Waals surface area contributed by atoms with E-state index in [-0.39, 0.29) is 0 Å². The lowest BCUT2D eigenvalue weighted by atomic mass is 10.2. The summed E-state index contributed by atoms with van der Waals surface area (Å²) in [6.07, 6.45) is 5.09. The van der Waals surface area contributed by atoms with E-state index in [0.717, 1.165) is 24.2 Å². The van der Waals surface area contributed by atoms with Crippen LogP contribution in [-0.2, 0) is 24.3 Å². The van der Waals surface area contributed by atoms with Crippen molar-refractivity contribution in [2.24, 2.45) is 0 Å². The first kappa shape index (κ1) is 16.0. The zero-order chi connectivity index (χ0) is 15.1. The van der Waals surface area contributed by atoms with Gasteiger partial charge in [-0.1, -0.05) is 30.7 Å². The molecule has 4 nitrogen and oxygen atoms in total. The van der Waals surface area contributed by atoms with Gasteiger partial charge in [0.05, 0.1) is 25.9 Å². The molecule has 0 saturated heterocycles. The van der Waals surface area contributed by atoms with Gasteiger partial charge in [-0.15, -0.1) is 0 Å². The summed E-state index contributed by atoms with van der Waals surface area (Å²) in [6, 6.07) is 7.51. The lowest BCUT2D eigenvalue weighted by Crippen LogP contribution is -2.22. The van der Waals surface area contributed by atoms with Crippen LogP contribution in [0.25, 0.3) is 0 Å². The monoisotopic (exact) mass is 308 g/mol. The lowest BCUT2D eigenvalue weighted by molar-refractivity contribution is 0.0200. The summed E-state index contributed by atoms with van der Waals surface area (Å²) in [5.41, 5.74) is 1.04. The summed E-state index contributed by atoms with van der Waals surface area (Å²) in [5, 5.41) is 10.8. The minimum atomic E-state index is -0.540. The molecule has 1 aromatic carbocycles. The quantitative estimate of drug-likeness (QED) is 0.815. The third-order valence-electron chi connectivity index (χ3n) is 3.17. The Morgan fingerprint density at radius 1 is 1.33 bits per heavy atom. The second-order valence-electron chi connectivity index (χ2n) is 5.04. The van der Waals surface area contributed by atoms with Crippen molar-refractivity contribution >= 4 is 11.6 Å². The number of aliphatic hydroxyl groups is 1. The predicted octanol–water partition coefficient (Wildman–Crippen LogP) is 3.07. The van der Waals surface area contributed by atoms with Gasteiger partial charge >= 0.3 is 0 Å². The molecule has 0 bridgehead atoms. The van der Waals surface area contributed by atoms with Crippen molar-refractivity contribution in [1.29, 1.82) is 0 Å². The molecule has 0 spiro atoms. The zero-order valence-electron chi connectivity index (χ0n) is 12.2. The van der Waals surface area contributed by atoms with Crippen LogP contribution in [0, 0.1) is 0 Å². The number of nitrogens with zero attached hydrogens (tertiary/aromatic N) is 2. The molecule has 0 fully saturated rings. The van der Waals surface area contributed by atoms with Crippen LogP contribution in [0.15, 0.2) is 36.7 Å². The van der Waals surface area contributed by atoms with Crippen LogP contribution >= 0.6 is 11.6 Å². The molecule has 1 N–H and O–H groups in total. The molecule has 0 saturated carbocycles. The van der Waals surface area contributed by atoms with Crippen molar-refractivity contribution < 1.29 is 9.84 Å². The van der Waals surface area contributed by atoms with Crippen molar-refractivity contribution in [3.8, 4) is 0 Å². The zero-order valence-corrected chi connectivity index (χ0v) is 13.0. The highest BCUT2D eigenvalue weighted by Gasteiger charge is 2.09. The van der Waals surface area contributed by atoms with E-state index in [2.05, 4.69) is 11.9 Å². The van der Waals surface area contributed by atoms with Crippen molar-refractivity contribution in [3.63, 3.8) is 0 Å². The van der Waals surface area contributed by atoms with Gasteiger partial charge in [0.25, 0.3) is 0 Å². The summed E-state index contributed by atoms with van der Waals surface area (Å²) < 4.78 is 7.53. The molecule has 1 atom stereocenters. The number of benzene rings is 1. The van der Waals surface area contributed by atoms with Gasteiger partial charge in [-0.25, -0.2) is 4.98 Å². The number of aromatic nitrogens is 2. The fraction of sp³-hybridized carbons (Fsp3) is 0.438. The highest BCUT2D eigenvalue weighted by Crippen LogP contribution is 2.10. The summed E-state index contributed by atoms with van der Waals surface area (Å²) >= 11 is 5.83. The Hall–Kier alpha value is -1.36. The first-order valence-electron chi connectivity index (χ1n) is 7.19. The smallest absolute Gasteiger partial charge is 0.108 e. The van der Waals surface area contributed by atoms with Gasteiger partial charge < -0.3 is 14.4 Å². The minimum absolute atomic E-state index is 0.298. The Morgan fingerprint density at radius 2 is 2.10 bits per heavy atom. The Morgan fingerprint density at radius 3 is 2.81 bits per heavy atom. The van der Waals surface area contributed by atoms with Crippen LogP contribution in [0.4, 0.5) is 0 Å². The number of halogens is 1. The van der Waals surface area contributed by atoms with Crippen LogP contribution in [0.3, 0.4) is 0 Å². The third kappa shape index (κ3) is 5.16. The van der Waals surface area contributed by atoms with Gasteiger partial charge in [-0.2, -0.15) is 0 Å². The number of ether oxygens (including phenoxy) is 1. The fourth-order valence-corrected chi connectivity index (χ4v) is 2.26. The highest BCUT2D eigenvalue weighted by molar-refractivity contribution is 6.30. The van der Waals surface area contributed by atoms with E-state index in [1.807, 2.05) is 35.0 Å². The maximum Gasteiger partial charge on any atom is 0.108 e. The van der Waals surface area contributed by atoms with Crippen LogP contribution in [-0.4, -0.2) is 27.4 Å². The van der Waals surface area contributed by atoms with E-state index in [0.29, 0.717) is 24.8 Å². The number of hydrogen-bond donors (Lipinski definition) is 1. The highest BCUT2D eigenvalue weighted by atomic mass is 35.5. The van der Waals surface area contributed by atoms with Crippen LogP contribution in [0.2, 0.25) is 5.02 Å². The number of rotatable bonds is 8. The molecule has 1 unspecified atom stereocenters. The molecule has 0 aliphatic rings. The van der Waals surface area contributed by atoms with E-state index in [1.54, 1.807) is 6.20 Å². The first-order chi connectivity index (χ1) is 10.2. The normalized spacial score (nSPS) is 12.5. The molecule has 0 radical (unpaired) electrons. The maximum absolute atomic E-state index is 10.0. The van der Waals surface area contributed by atoms with Crippen LogP contribution < -0.4 is 0 Å². The molecule has 1 aromatic heterocycles. The Bertz CT molecular complexity index is 539. The molecule has 114 valence electrons. The van der Waals surface area contributed by atoms with Crippen molar-refractivity contribution in [1.82, 2.24) is 9.55 Å². The summed E-state index contributed by atoms with van der Waals surface area (Å²) in [5.74, 6) is 1.01. The lowest BCUT2D eigenvalue weighted by Gasteiger charge is -2.14. The number of imidazole rings is 1. The standard InChI is InChI=1S/C16H21ClN2O2/c1-2-3-16-18-8-9-19(16)10-15(20)12-21-11-13-4-6-14(17)7-5-13/h4-9,15,20H,2-3,10-12H2,1H3. The van der Waals surface area contributed by atoms with Crippen molar-refractivity contribution in [3.05, 3.63) is 53.1 Å². The molecule has 0 aliphatic heterocycles. The van der Waals surface area contributed by atoms with Gasteiger partial charge in [0, 0.05) is 23.8 Å². The largest absolute Gasteiger partial charge is 0.389 e. The molecule has 1 heterocycles. The van der Waals surface area contributed by atoms with Crippen LogP contribution in [0.5, 0.6) is 0 Å². The Kier molecular flexibility index (Phi) is 6.23. The van der Waals surface area contributed by atoms with E-state index in [1.165, 1.54) is 0 Å². The second kappa shape index (κ2) is 8.17. The summed E-state index contributed by atoms with van der Waals surface area (Å²) in [4.78, 5) is 4.29. The Labute approximate surface area is 130 Å². The third-order valence-corrected chi connectivity index (χ3v) is 3.43. The molecule has 2 rings (SSSR count). The molecule has 5 heteroatoms. The van der Waals surface area contributed by atoms with Crippen molar-refractivity contribution in [2.45, 2.75) is 39.0 Å². The summed E-state index contributed by atoms with van der Waals surface area (Å²) in [7, 11) is 0. The van der Waals surface area contributed by atoms with E-state index in [4.69, 9.17) is 16.3 Å². The van der Waals surface area contributed by atoms with Crippen molar-refractivity contribution in [2.75, 3.05) is 6.61 Å². The predicted molar refractivity (Wildman–Crippen MR) is 83.3 cm³/mol. The molecule has 21 heavy (non-hydrogen) atoms. The number of aryl methyl sites for hydroxylation is 1. The summed E-state index contributed by atoms with van der Waals surface area (Å²) in [6.45, 7) is 3.40. The minimum Gasteiger partial charge on any atom is -0.389 e. The van der Waals surface area contributed by atoms with Gasteiger partial charge in [0.15, 0.2) is 0 Å². The maximum atomic E-state index is 10.0. The van der Waals surface area contributed by atoms with Gasteiger partial charge in [-0.3, -0.25) is 0 Å². The van der Waals surface area contributed by atoms with E-state index >= 15 is 0 Å². The molecular formula is C16H21ClN2O2. The Balaban J connectivity index is 1.75. The van der Waals surface area contributed by atoms with E-state index < -0.39 is 6.10 Å². The first-order valence-corrected chi connectivity index (χ1v) is 7.57. The average Bonchev–Trinajstić information content (AvgIpc) is 2.89. The topological polar surface area (TPSA) is 47.3 Å². The molecular weight excluding hydrogens is 288 g/mol. The van der Waals surface area contributed by atoms with Gasteiger partial charge in [-0.05, 0) is 24.1 Å². The molecule has 0 amide bonds. The van der Waals surface area contributed by atoms with E-state index in [9.17, 15) is 5.11 Å². The SMILES string of the molecule is CCCc1nccn1CC(O)COCc1ccc(Cl)cc1. The van der Waals surface area contributed by atoms with Gasteiger partial charge in [0.1, 0.15) is 5.82 Å². The van der Waals surface area contributed by atoms with Gasteiger partial charge in [0.2, 0.25) is 0 Å². The second-order valence-corrected chi connectivity index (χ2v) is 5.48. The van der Waals surface area contributed by atoms with Crippen LogP contribution in [0.1, 0.15) is 24.7 Å². The fourth-order valence-electron chi connectivity index (χ4n) is 2.13.